The number of carbonyl (C=O) groups is 1. The topological polar surface area (TPSA) is 69.6 Å². The minimum atomic E-state index is -1.59. The number of aliphatic carboxylic acids is 1. The largest absolute Gasteiger partial charge is 0.479 e. The molecule has 1 rings (SSSR count). The number of nitrogens with one attached hydrogen (secondary N) is 1. The van der Waals surface area contributed by atoms with Gasteiger partial charge in [-0.1, -0.05) is 0 Å². The fourth-order valence-electron chi connectivity index (χ4n) is 0.908. The smallest absolute Gasteiger partial charge is 0.334 e. The molecule has 15 heavy (non-hydrogen) atoms. The predicted molar refractivity (Wildman–Crippen MR) is 48.5 cm³/mol. The van der Waals surface area contributed by atoms with Gasteiger partial charge in [-0.2, -0.15) is 0 Å². The molecule has 6 heteroatoms. The fraction of sp³-hybridized carbons (Fsp3) is 0.222. The summed E-state index contributed by atoms with van der Waals surface area (Å²) in [6.45, 7) is -0.277. The molecule has 1 atom stereocenters. The standard InChI is InChI=1S/C9H9F2NO3/c10-6-2-1-5(3-7(6)11)12-4-8(13)9(14)15/h1-3,8,12-13H,4H2,(H,14,15). The van der Waals surface area contributed by atoms with Gasteiger partial charge in [0.05, 0.1) is 6.54 Å². The minimum Gasteiger partial charge on any atom is -0.479 e. The third-order valence-electron chi connectivity index (χ3n) is 1.70. The zero-order valence-corrected chi connectivity index (χ0v) is 7.58. The zero-order chi connectivity index (χ0) is 11.4. The molecular weight excluding hydrogens is 208 g/mol. The monoisotopic (exact) mass is 217 g/mol. The molecule has 3 N–H and O–H groups in total. The Morgan fingerprint density at radius 2 is 2.07 bits per heavy atom. The molecule has 0 aliphatic heterocycles. The van der Waals surface area contributed by atoms with E-state index in [-0.39, 0.29) is 12.2 Å². The SMILES string of the molecule is O=C(O)C(O)CNc1ccc(F)c(F)c1. The molecule has 0 amide bonds. The molecule has 1 aromatic rings. The highest BCUT2D eigenvalue weighted by molar-refractivity contribution is 5.72. The van der Waals surface area contributed by atoms with Gasteiger partial charge in [-0.25, -0.2) is 13.6 Å². The van der Waals surface area contributed by atoms with Crippen LogP contribution in [0.5, 0.6) is 0 Å². The first-order valence-electron chi connectivity index (χ1n) is 4.10. The molecular formula is C9H9F2NO3. The lowest BCUT2D eigenvalue weighted by Gasteiger charge is -2.08. The van der Waals surface area contributed by atoms with Crippen LogP contribution < -0.4 is 5.32 Å². The van der Waals surface area contributed by atoms with Gasteiger partial charge >= 0.3 is 5.97 Å². The number of rotatable bonds is 4. The number of benzene rings is 1. The summed E-state index contributed by atoms with van der Waals surface area (Å²) in [7, 11) is 0. The van der Waals surface area contributed by atoms with Crippen LogP contribution in [0, 0.1) is 11.6 Å². The molecule has 0 fully saturated rings. The second-order valence-electron chi connectivity index (χ2n) is 2.86. The average molecular weight is 217 g/mol. The molecule has 0 spiro atoms. The van der Waals surface area contributed by atoms with Gasteiger partial charge in [0.15, 0.2) is 17.7 Å². The highest BCUT2D eigenvalue weighted by Gasteiger charge is 2.12. The van der Waals surface area contributed by atoms with Crippen molar-refractivity contribution in [1.29, 1.82) is 0 Å². The van der Waals surface area contributed by atoms with E-state index in [9.17, 15) is 13.6 Å². The molecule has 0 aliphatic carbocycles. The molecule has 82 valence electrons. The Hall–Kier alpha value is -1.69. The normalized spacial score (nSPS) is 12.2. The number of hydrogen-bond acceptors (Lipinski definition) is 3. The summed E-state index contributed by atoms with van der Waals surface area (Å²) in [5, 5.41) is 19.7. The van der Waals surface area contributed by atoms with E-state index in [1.807, 2.05) is 0 Å². The highest BCUT2D eigenvalue weighted by Crippen LogP contribution is 2.12. The number of aliphatic hydroxyl groups excluding tert-OH is 1. The van der Waals surface area contributed by atoms with E-state index in [4.69, 9.17) is 10.2 Å². The number of halogens is 2. The number of hydrogen-bond donors (Lipinski definition) is 3. The lowest BCUT2D eigenvalue weighted by atomic mass is 10.3. The summed E-state index contributed by atoms with van der Waals surface area (Å²) >= 11 is 0. The van der Waals surface area contributed by atoms with Crippen LogP contribution in [0.1, 0.15) is 0 Å². The van der Waals surface area contributed by atoms with E-state index in [0.29, 0.717) is 0 Å². The average Bonchev–Trinajstić information content (AvgIpc) is 2.19. The summed E-state index contributed by atoms with van der Waals surface area (Å²) in [5.74, 6) is -3.41. The zero-order valence-electron chi connectivity index (χ0n) is 7.58. The molecule has 0 saturated carbocycles. The van der Waals surface area contributed by atoms with Crippen LogP contribution in [-0.2, 0) is 4.79 Å². The molecule has 1 unspecified atom stereocenters. The maximum atomic E-state index is 12.7. The van der Waals surface area contributed by atoms with E-state index in [2.05, 4.69) is 5.32 Å². The molecule has 0 bridgehead atoms. The van der Waals surface area contributed by atoms with Gasteiger partial charge in [0.2, 0.25) is 0 Å². The van der Waals surface area contributed by atoms with Crippen molar-refractivity contribution in [2.45, 2.75) is 6.10 Å². The van der Waals surface area contributed by atoms with Crippen molar-refractivity contribution in [3.8, 4) is 0 Å². The number of carboxylic acids is 1. The summed E-state index contributed by atoms with van der Waals surface area (Å²) in [6.07, 6.45) is -1.59. The van der Waals surface area contributed by atoms with Crippen LogP contribution in [0.3, 0.4) is 0 Å². The van der Waals surface area contributed by atoms with Crippen molar-refractivity contribution in [1.82, 2.24) is 0 Å². The van der Waals surface area contributed by atoms with E-state index in [0.717, 1.165) is 12.1 Å². The van der Waals surface area contributed by atoms with Gasteiger partial charge in [-0.3, -0.25) is 0 Å². The molecule has 1 aromatic carbocycles. The Morgan fingerprint density at radius 3 is 2.60 bits per heavy atom. The number of carboxylic acid groups (broad SMARTS) is 1. The van der Waals surface area contributed by atoms with Crippen molar-refractivity contribution in [3.63, 3.8) is 0 Å². The Bertz CT molecular complexity index is 370. The van der Waals surface area contributed by atoms with Gasteiger partial charge in [0.25, 0.3) is 0 Å². The number of anilines is 1. The summed E-state index contributed by atoms with van der Waals surface area (Å²) in [5.41, 5.74) is 0.203. The van der Waals surface area contributed by atoms with Crippen LogP contribution in [-0.4, -0.2) is 28.8 Å². The lowest BCUT2D eigenvalue weighted by Crippen LogP contribution is -2.28. The second-order valence-corrected chi connectivity index (χ2v) is 2.86. The van der Waals surface area contributed by atoms with Crippen molar-refractivity contribution >= 4 is 11.7 Å². The maximum Gasteiger partial charge on any atom is 0.334 e. The predicted octanol–water partition coefficient (Wildman–Crippen LogP) is 0.822. The Balaban J connectivity index is 2.58. The van der Waals surface area contributed by atoms with Gasteiger partial charge in [0.1, 0.15) is 0 Å². The first-order valence-corrected chi connectivity index (χ1v) is 4.10. The fourth-order valence-corrected chi connectivity index (χ4v) is 0.908. The number of aliphatic hydroxyl groups is 1. The lowest BCUT2D eigenvalue weighted by molar-refractivity contribution is -0.145. The first-order chi connectivity index (χ1) is 7.00. The van der Waals surface area contributed by atoms with Gasteiger partial charge in [0, 0.05) is 11.8 Å². The van der Waals surface area contributed by atoms with Crippen LogP contribution in [0.25, 0.3) is 0 Å². The summed E-state index contributed by atoms with van der Waals surface area (Å²) in [6, 6.07) is 3.03. The molecule has 0 saturated heterocycles. The Kier molecular flexibility index (Phi) is 3.56. The molecule has 0 radical (unpaired) electrons. The Labute approximate surface area is 84.2 Å². The summed E-state index contributed by atoms with van der Waals surface area (Å²) in [4.78, 5) is 10.2. The van der Waals surface area contributed by atoms with Crippen molar-refractivity contribution in [3.05, 3.63) is 29.8 Å². The van der Waals surface area contributed by atoms with E-state index < -0.39 is 23.7 Å². The van der Waals surface area contributed by atoms with E-state index >= 15 is 0 Å². The summed E-state index contributed by atoms with van der Waals surface area (Å²) < 4.78 is 25.1. The van der Waals surface area contributed by atoms with Gasteiger partial charge in [-0.15, -0.1) is 0 Å². The molecule has 4 nitrogen and oxygen atoms in total. The van der Waals surface area contributed by atoms with E-state index in [1.165, 1.54) is 6.07 Å². The first kappa shape index (κ1) is 11.4. The van der Waals surface area contributed by atoms with Crippen molar-refractivity contribution in [2.75, 3.05) is 11.9 Å². The third-order valence-corrected chi connectivity index (χ3v) is 1.70. The second kappa shape index (κ2) is 4.70. The molecule has 0 heterocycles. The van der Waals surface area contributed by atoms with Crippen LogP contribution in [0.15, 0.2) is 18.2 Å². The van der Waals surface area contributed by atoms with Crippen LogP contribution >= 0.6 is 0 Å². The van der Waals surface area contributed by atoms with E-state index in [1.54, 1.807) is 0 Å². The third kappa shape index (κ3) is 3.17. The highest BCUT2D eigenvalue weighted by atomic mass is 19.2. The van der Waals surface area contributed by atoms with Crippen LogP contribution in [0.2, 0.25) is 0 Å². The van der Waals surface area contributed by atoms with Gasteiger partial charge in [-0.05, 0) is 12.1 Å². The van der Waals surface area contributed by atoms with Crippen LogP contribution in [0.4, 0.5) is 14.5 Å². The molecule has 0 aromatic heterocycles. The maximum absolute atomic E-state index is 12.7. The minimum absolute atomic E-state index is 0.203. The molecule has 0 aliphatic rings. The Morgan fingerprint density at radius 1 is 1.40 bits per heavy atom. The van der Waals surface area contributed by atoms with Gasteiger partial charge < -0.3 is 15.5 Å². The van der Waals surface area contributed by atoms with Crippen molar-refractivity contribution in [2.24, 2.45) is 0 Å². The quantitative estimate of drug-likeness (QED) is 0.698. The van der Waals surface area contributed by atoms with Crippen molar-refractivity contribution < 1.29 is 23.8 Å².